The van der Waals surface area contributed by atoms with Gasteiger partial charge in [-0.15, -0.1) is 0 Å². The molecular weight excluding hydrogens is 318 g/mol. The minimum absolute atomic E-state index is 0.322. The zero-order chi connectivity index (χ0) is 15.2. The van der Waals surface area contributed by atoms with E-state index in [0.29, 0.717) is 25.5 Å². The zero-order valence-electron chi connectivity index (χ0n) is 12.9. The van der Waals surface area contributed by atoms with Crippen LogP contribution in [-0.2, 0) is 6.54 Å². The van der Waals surface area contributed by atoms with Gasteiger partial charge in [0.2, 0.25) is 0 Å². The molecule has 3 nitrogen and oxygen atoms in total. The highest BCUT2D eigenvalue weighted by molar-refractivity contribution is 9.10. The van der Waals surface area contributed by atoms with Crippen molar-refractivity contribution >= 4 is 15.9 Å². The summed E-state index contributed by atoms with van der Waals surface area (Å²) >= 11 is 3.53. The van der Waals surface area contributed by atoms with Crippen molar-refractivity contribution in [2.75, 3.05) is 6.61 Å². The molecule has 0 aliphatic heterocycles. The van der Waals surface area contributed by atoms with Gasteiger partial charge in [0, 0.05) is 12.6 Å². The van der Waals surface area contributed by atoms with E-state index in [9.17, 15) is 5.11 Å². The van der Waals surface area contributed by atoms with E-state index in [1.807, 2.05) is 26.0 Å². The Morgan fingerprint density at radius 2 is 1.95 bits per heavy atom. The van der Waals surface area contributed by atoms with Crippen LogP contribution in [0.4, 0.5) is 0 Å². The van der Waals surface area contributed by atoms with Crippen LogP contribution in [0.1, 0.15) is 46.1 Å². The molecule has 1 aromatic rings. The van der Waals surface area contributed by atoms with Crippen molar-refractivity contribution in [3.63, 3.8) is 0 Å². The van der Waals surface area contributed by atoms with Crippen LogP contribution < -0.4 is 10.1 Å². The molecule has 0 bridgehead atoms. The fraction of sp³-hybridized carbons (Fsp3) is 0.625. The molecule has 0 spiro atoms. The molecule has 1 rings (SSSR count). The number of halogens is 1. The van der Waals surface area contributed by atoms with Crippen LogP contribution in [0.25, 0.3) is 0 Å². The first-order chi connectivity index (χ1) is 9.40. The normalized spacial score (nSPS) is 11.9. The topological polar surface area (TPSA) is 41.5 Å². The smallest absolute Gasteiger partial charge is 0.133 e. The van der Waals surface area contributed by atoms with E-state index in [2.05, 4.69) is 41.2 Å². The van der Waals surface area contributed by atoms with Crippen molar-refractivity contribution in [2.24, 2.45) is 0 Å². The molecule has 0 unspecified atom stereocenters. The van der Waals surface area contributed by atoms with E-state index in [0.717, 1.165) is 16.8 Å². The highest BCUT2D eigenvalue weighted by Crippen LogP contribution is 2.27. The van der Waals surface area contributed by atoms with Crippen LogP contribution in [0.2, 0.25) is 0 Å². The fourth-order valence-electron chi connectivity index (χ4n) is 1.76. The Morgan fingerprint density at radius 1 is 1.30 bits per heavy atom. The Balaban J connectivity index is 2.64. The zero-order valence-corrected chi connectivity index (χ0v) is 14.5. The molecule has 0 heterocycles. The van der Waals surface area contributed by atoms with Gasteiger partial charge in [0.25, 0.3) is 0 Å². The maximum atomic E-state index is 10.2. The van der Waals surface area contributed by atoms with Crippen LogP contribution >= 0.6 is 15.9 Å². The van der Waals surface area contributed by atoms with Crippen LogP contribution in [0.15, 0.2) is 22.7 Å². The van der Waals surface area contributed by atoms with Crippen molar-refractivity contribution in [3.05, 3.63) is 28.2 Å². The molecule has 1 aromatic carbocycles. The fourth-order valence-corrected chi connectivity index (χ4v) is 2.30. The molecule has 20 heavy (non-hydrogen) atoms. The highest BCUT2D eigenvalue weighted by atomic mass is 79.9. The summed E-state index contributed by atoms with van der Waals surface area (Å²) < 4.78 is 6.67. The largest absolute Gasteiger partial charge is 0.489 e. The van der Waals surface area contributed by atoms with Crippen molar-refractivity contribution in [1.82, 2.24) is 5.32 Å². The molecule has 2 N–H and O–H groups in total. The molecule has 114 valence electrons. The average molecular weight is 344 g/mol. The molecule has 0 saturated carbocycles. The standard InChI is InChI=1S/C16H26BrNO2/c1-5-16(19,6-2)11-20-15-8-7-13(9-14(15)17)10-18-12(3)4/h7-9,12,18-19H,5-6,10-11H2,1-4H3. The van der Waals surface area contributed by atoms with E-state index >= 15 is 0 Å². The quantitative estimate of drug-likeness (QED) is 0.752. The molecule has 0 aliphatic carbocycles. The maximum absolute atomic E-state index is 10.2. The van der Waals surface area contributed by atoms with Gasteiger partial charge in [0.15, 0.2) is 0 Å². The van der Waals surface area contributed by atoms with Crippen LogP contribution in [0.5, 0.6) is 5.75 Å². The molecule has 0 aromatic heterocycles. The second-order valence-corrected chi connectivity index (χ2v) is 6.37. The average Bonchev–Trinajstić information content (AvgIpc) is 2.43. The number of rotatable bonds is 8. The van der Waals surface area contributed by atoms with Gasteiger partial charge >= 0.3 is 0 Å². The Bertz CT molecular complexity index is 417. The van der Waals surface area contributed by atoms with Gasteiger partial charge in [0.1, 0.15) is 12.4 Å². The molecule has 0 saturated heterocycles. The molecule has 0 amide bonds. The lowest BCUT2D eigenvalue weighted by Gasteiger charge is -2.25. The number of aliphatic hydroxyl groups is 1. The minimum atomic E-state index is -0.739. The van der Waals surface area contributed by atoms with Gasteiger partial charge < -0.3 is 15.2 Å². The predicted molar refractivity (Wildman–Crippen MR) is 87.1 cm³/mol. The van der Waals surface area contributed by atoms with Gasteiger partial charge in [-0.1, -0.05) is 33.8 Å². The summed E-state index contributed by atoms with van der Waals surface area (Å²) in [6, 6.07) is 6.52. The first-order valence-electron chi connectivity index (χ1n) is 7.27. The van der Waals surface area contributed by atoms with Crippen molar-refractivity contribution < 1.29 is 9.84 Å². The van der Waals surface area contributed by atoms with E-state index in [4.69, 9.17) is 4.74 Å². The number of nitrogens with one attached hydrogen (secondary N) is 1. The molecular formula is C16H26BrNO2. The molecule has 0 aliphatic rings. The third kappa shape index (κ3) is 5.43. The van der Waals surface area contributed by atoms with Crippen LogP contribution in [-0.4, -0.2) is 23.4 Å². The van der Waals surface area contributed by atoms with E-state index < -0.39 is 5.60 Å². The second kappa shape index (κ2) is 8.01. The molecule has 0 fully saturated rings. The Morgan fingerprint density at radius 3 is 2.45 bits per heavy atom. The first-order valence-corrected chi connectivity index (χ1v) is 8.06. The minimum Gasteiger partial charge on any atom is -0.489 e. The lowest BCUT2D eigenvalue weighted by atomic mass is 9.99. The van der Waals surface area contributed by atoms with Crippen molar-refractivity contribution in [1.29, 1.82) is 0 Å². The van der Waals surface area contributed by atoms with Gasteiger partial charge in [-0.3, -0.25) is 0 Å². The van der Waals surface area contributed by atoms with E-state index in [-0.39, 0.29) is 0 Å². The van der Waals surface area contributed by atoms with Gasteiger partial charge in [-0.05, 0) is 46.5 Å². The molecule has 0 radical (unpaired) electrons. The van der Waals surface area contributed by atoms with E-state index in [1.54, 1.807) is 0 Å². The monoisotopic (exact) mass is 343 g/mol. The maximum Gasteiger partial charge on any atom is 0.133 e. The van der Waals surface area contributed by atoms with Crippen LogP contribution in [0, 0.1) is 0 Å². The van der Waals surface area contributed by atoms with E-state index in [1.165, 1.54) is 5.56 Å². The summed E-state index contributed by atoms with van der Waals surface area (Å²) in [5, 5.41) is 13.6. The Labute approximate surface area is 130 Å². The van der Waals surface area contributed by atoms with Crippen molar-refractivity contribution in [2.45, 2.75) is 58.7 Å². The Hall–Kier alpha value is -0.580. The lowest BCUT2D eigenvalue weighted by molar-refractivity contribution is -0.0115. The number of hydrogen-bond acceptors (Lipinski definition) is 3. The third-order valence-corrected chi connectivity index (χ3v) is 4.14. The number of ether oxygens (including phenoxy) is 1. The first kappa shape index (κ1) is 17.5. The summed E-state index contributed by atoms with van der Waals surface area (Å²) in [6.07, 6.45) is 1.38. The predicted octanol–water partition coefficient (Wildman–Crippen LogP) is 3.88. The Kier molecular flexibility index (Phi) is 7.00. The van der Waals surface area contributed by atoms with Gasteiger partial charge in [0.05, 0.1) is 10.1 Å². The summed E-state index contributed by atoms with van der Waals surface area (Å²) in [5.74, 6) is 0.777. The van der Waals surface area contributed by atoms with Gasteiger partial charge in [-0.2, -0.15) is 0 Å². The van der Waals surface area contributed by atoms with Crippen LogP contribution in [0.3, 0.4) is 0 Å². The lowest BCUT2D eigenvalue weighted by Crippen LogP contribution is -2.34. The molecule has 4 heteroatoms. The summed E-state index contributed by atoms with van der Waals surface area (Å²) in [7, 11) is 0. The summed E-state index contributed by atoms with van der Waals surface area (Å²) in [4.78, 5) is 0. The summed E-state index contributed by atoms with van der Waals surface area (Å²) in [6.45, 7) is 9.36. The SMILES string of the molecule is CCC(O)(CC)COc1ccc(CNC(C)C)cc1Br. The van der Waals surface area contributed by atoms with Gasteiger partial charge in [-0.25, -0.2) is 0 Å². The number of benzene rings is 1. The third-order valence-electron chi connectivity index (χ3n) is 3.52. The highest BCUT2D eigenvalue weighted by Gasteiger charge is 2.23. The second-order valence-electron chi connectivity index (χ2n) is 5.52. The van der Waals surface area contributed by atoms with Crippen molar-refractivity contribution in [3.8, 4) is 5.75 Å². The number of hydrogen-bond donors (Lipinski definition) is 2. The molecule has 0 atom stereocenters. The summed E-state index contributed by atoms with van der Waals surface area (Å²) in [5.41, 5.74) is 0.469.